The number of amides is 1. The van der Waals surface area contributed by atoms with Crippen LogP contribution < -0.4 is 15.1 Å². The molecule has 1 amide bonds. The van der Waals surface area contributed by atoms with Crippen LogP contribution in [-0.2, 0) is 17.6 Å². The Bertz CT molecular complexity index is 1520. The minimum atomic E-state index is -0.892. The van der Waals surface area contributed by atoms with Crippen molar-refractivity contribution in [1.29, 1.82) is 0 Å². The molecule has 1 saturated heterocycles. The number of hydrogen-bond acceptors (Lipinski definition) is 6. The van der Waals surface area contributed by atoms with Gasteiger partial charge in [-0.05, 0) is 60.7 Å². The van der Waals surface area contributed by atoms with Gasteiger partial charge in [0.05, 0.1) is 6.42 Å². The van der Waals surface area contributed by atoms with Crippen molar-refractivity contribution in [2.24, 2.45) is 0 Å². The van der Waals surface area contributed by atoms with Gasteiger partial charge in [0.2, 0.25) is 0 Å². The number of hydrogen-bond donors (Lipinski definition) is 2. The Morgan fingerprint density at radius 2 is 1.63 bits per heavy atom. The van der Waals surface area contributed by atoms with Gasteiger partial charge in [-0.15, -0.1) is 0 Å². The number of benzene rings is 3. The van der Waals surface area contributed by atoms with Crippen LogP contribution in [0.2, 0.25) is 0 Å². The fourth-order valence-electron chi connectivity index (χ4n) is 5.11. The Labute approximate surface area is 240 Å². The maximum atomic E-state index is 13.0. The standard InChI is InChI=1S/C33H35N5O3/c1-3-37(2)31-28(22-30(39)40)32(38-18-7-8-19-38)36-29(35-31)20-23-14-16-27(17-15-23)34-33(41)26-13-9-12-25(21-26)24-10-5-4-6-11-24/h4-6,9-17,21H,3,7-8,18-20,22H2,1-2H3,(H,34,41)(H,39,40). The van der Waals surface area contributed by atoms with E-state index in [9.17, 15) is 14.7 Å². The van der Waals surface area contributed by atoms with E-state index in [1.807, 2.05) is 97.7 Å². The molecule has 0 spiro atoms. The molecule has 1 fully saturated rings. The molecule has 41 heavy (non-hydrogen) atoms. The van der Waals surface area contributed by atoms with E-state index >= 15 is 0 Å². The van der Waals surface area contributed by atoms with Crippen molar-refractivity contribution in [2.75, 3.05) is 41.8 Å². The van der Waals surface area contributed by atoms with E-state index in [1.165, 1.54) is 0 Å². The molecule has 5 rings (SSSR count). The van der Waals surface area contributed by atoms with Crippen LogP contribution in [0.4, 0.5) is 17.3 Å². The van der Waals surface area contributed by atoms with Gasteiger partial charge in [0.1, 0.15) is 17.5 Å². The van der Waals surface area contributed by atoms with E-state index in [0.29, 0.717) is 41.4 Å². The second-order valence-corrected chi connectivity index (χ2v) is 10.3. The molecular formula is C33H35N5O3. The zero-order valence-electron chi connectivity index (χ0n) is 23.5. The van der Waals surface area contributed by atoms with Crippen molar-refractivity contribution in [1.82, 2.24) is 9.97 Å². The summed E-state index contributed by atoms with van der Waals surface area (Å²) in [7, 11) is 1.93. The van der Waals surface area contributed by atoms with Crippen LogP contribution in [0.1, 0.15) is 47.1 Å². The Balaban J connectivity index is 1.34. The first-order chi connectivity index (χ1) is 19.9. The van der Waals surface area contributed by atoms with Crippen LogP contribution in [0.5, 0.6) is 0 Å². The fourth-order valence-corrected chi connectivity index (χ4v) is 5.11. The first-order valence-electron chi connectivity index (χ1n) is 14.0. The lowest BCUT2D eigenvalue weighted by atomic mass is 10.0. The van der Waals surface area contributed by atoms with Crippen molar-refractivity contribution in [3.63, 3.8) is 0 Å². The number of rotatable bonds is 10. The summed E-state index contributed by atoms with van der Waals surface area (Å²) in [4.78, 5) is 38.6. The predicted octanol–water partition coefficient (Wildman–Crippen LogP) is 5.67. The van der Waals surface area contributed by atoms with E-state index in [2.05, 4.69) is 10.2 Å². The summed E-state index contributed by atoms with van der Waals surface area (Å²) < 4.78 is 0. The average Bonchev–Trinajstić information content (AvgIpc) is 3.53. The lowest BCUT2D eigenvalue weighted by Crippen LogP contribution is -2.27. The molecule has 0 atom stereocenters. The molecule has 3 aromatic carbocycles. The molecule has 1 aromatic heterocycles. The quantitative estimate of drug-likeness (QED) is 0.263. The monoisotopic (exact) mass is 549 g/mol. The first-order valence-corrected chi connectivity index (χ1v) is 14.0. The van der Waals surface area contributed by atoms with Crippen LogP contribution in [0.25, 0.3) is 11.1 Å². The summed E-state index contributed by atoms with van der Waals surface area (Å²) in [5.74, 6) is 0.980. The summed E-state index contributed by atoms with van der Waals surface area (Å²) >= 11 is 0. The SMILES string of the molecule is CCN(C)c1nc(Cc2ccc(NC(=O)c3cccc(-c4ccccc4)c3)cc2)nc(N2CCCC2)c1CC(=O)O. The van der Waals surface area contributed by atoms with Gasteiger partial charge in [-0.2, -0.15) is 0 Å². The molecule has 4 aromatic rings. The highest BCUT2D eigenvalue weighted by atomic mass is 16.4. The highest BCUT2D eigenvalue weighted by Crippen LogP contribution is 2.30. The van der Waals surface area contributed by atoms with Gasteiger partial charge in [-0.25, -0.2) is 9.97 Å². The third-order valence-corrected chi connectivity index (χ3v) is 7.39. The van der Waals surface area contributed by atoms with Gasteiger partial charge in [0.25, 0.3) is 5.91 Å². The maximum absolute atomic E-state index is 13.0. The molecule has 0 saturated carbocycles. The molecule has 2 N–H and O–H groups in total. The van der Waals surface area contributed by atoms with Gasteiger partial charge in [-0.3, -0.25) is 9.59 Å². The third-order valence-electron chi connectivity index (χ3n) is 7.39. The highest BCUT2D eigenvalue weighted by molar-refractivity contribution is 6.05. The topological polar surface area (TPSA) is 98.7 Å². The minimum Gasteiger partial charge on any atom is -0.481 e. The third kappa shape index (κ3) is 6.72. The Hall–Kier alpha value is -4.72. The van der Waals surface area contributed by atoms with Crippen LogP contribution in [0, 0.1) is 0 Å². The number of aromatic nitrogens is 2. The van der Waals surface area contributed by atoms with Crippen molar-refractivity contribution in [2.45, 2.75) is 32.6 Å². The van der Waals surface area contributed by atoms with E-state index in [1.54, 1.807) is 0 Å². The number of anilines is 3. The molecule has 2 heterocycles. The van der Waals surface area contributed by atoms with Crippen LogP contribution >= 0.6 is 0 Å². The van der Waals surface area contributed by atoms with E-state index < -0.39 is 5.97 Å². The van der Waals surface area contributed by atoms with Crippen LogP contribution in [0.15, 0.2) is 78.9 Å². The van der Waals surface area contributed by atoms with Crippen LogP contribution in [0.3, 0.4) is 0 Å². The van der Waals surface area contributed by atoms with Crippen LogP contribution in [-0.4, -0.2) is 53.6 Å². The van der Waals surface area contributed by atoms with Gasteiger partial charge in [-0.1, -0.05) is 54.6 Å². The number of carboxylic acid groups (broad SMARTS) is 1. The number of carboxylic acids is 1. The predicted molar refractivity (Wildman–Crippen MR) is 163 cm³/mol. The van der Waals surface area contributed by atoms with Gasteiger partial charge >= 0.3 is 5.97 Å². The number of nitrogens with one attached hydrogen (secondary N) is 1. The second kappa shape index (κ2) is 12.6. The average molecular weight is 550 g/mol. The molecule has 8 nitrogen and oxygen atoms in total. The summed E-state index contributed by atoms with van der Waals surface area (Å²) in [5.41, 5.74) is 5.01. The lowest BCUT2D eigenvalue weighted by Gasteiger charge is -2.26. The first kappa shape index (κ1) is 27.8. The lowest BCUT2D eigenvalue weighted by molar-refractivity contribution is -0.136. The molecule has 1 aliphatic rings. The summed E-state index contributed by atoms with van der Waals surface area (Å²) in [6.45, 7) is 4.44. The normalized spacial score (nSPS) is 12.8. The largest absolute Gasteiger partial charge is 0.481 e. The fraction of sp³-hybridized carbons (Fsp3) is 0.273. The zero-order valence-corrected chi connectivity index (χ0v) is 23.5. The zero-order chi connectivity index (χ0) is 28.8. The molecule has 0 unspecified atom stereocenters. The smallest absolute Gasteiger partial charge is 0.308 e. The highest BCUT2D eigenvalue weighted by Gasteiger charge is 2.25. The van der Waals surface area contributed by atoms with Crippen molar-refractivity contribution in [3.05, 3.63) is 101 Å². The van der Waals surface area contributed by atoms with Crippen molar-refractivity contribution in [3.8, 4) is 11.1 Å². The Kier molecular flexibility index (Phi) is 8.58. The van der Waals surface area contributed by atoms with Crippen molar-refractivity contribution >= 4 is 29.2 Å². The van der Waals surface area contributed by atoms with E-state index in [4.69, 9.17) is 9.97 Å². The van der Waals surface area contributed by atoms with Gasteiger partial charge in [0.15, 0.2) is 0 Å². The number of carbonyl (C=O) groups is 2. The van der Waals surface area contributed by atoms with E-state index in [-0.39, 0.29) is 12.3 Å². The molecule has 0 bridgehead atoms. The van der Waals surface area contributed by atoms with Crippen molar-refractivity contribution < 1.29 is 14.7 Å². The summed E-state index contributed by atoms with van der Waals surface area (Å²) in [6.07, 6.45) is 2.50. The number of carbonyl (C=O) groups excluding carboxylic acids is 1. The molecule has 1 aliphatic heterocycles. The van der Waals surface area contributed by atoms with Gasteiger partial charge < -0.3 is 20.2 Å². The number of aliphatic carboxylic acids is 1. The van der Waals surface area contributed by atoms with Gasteiger partial charge in [0, 0.05) is 49.9 Å². The Morgan fingerprint density at radius 3 is 2.32 bits per heavy atom. The molecule has 0 aliphatic carbocycles. The van der Waals surface area contributed by atoms with E-state index in [0.717, 1.165) is 48.4 Å². The maximum Gasteiger partial charge on any atom is 0.308 e. The number of nitrogens with zero attached hydrogens (tertiary/aromatic N) is 4. The second-order valence-electron chi connectivity index (χ2n) is 10.3. The minimum absolute atomic E-state index is 0.117. The molecule has 0 radical (unpaired) electrons. The molecule has 8 heteroatoms. The summed E-state index contributed by atoms with van der Waals surface area (Å²) in [6, 6.07) is 25.3. The molecular weight excluding hydrogens is 514 g/mol. The Morgan fingerprint density at radius 1 is 0.927 bits per heavy atom. The molecule has 210 valence electrons. The summed E-state index contributed by atoms with van der Waals surface area (Å²) in [5, 5.41) is 12.6.